The Morgan fingerprint density at radius 3 is 2.32 bits per heavy atom. The fraction of sp³-hybridized carbons (Fsp3) is 0.150. The van der Waals surface area contributed by atoms with Crippen LogP contribution in [0.4, 0.5) is 0 Å². The van der Waals surface area contributed by atoms with Crippen LogP contribution >= 0.6 is 0 Å². The van der Waals surface area contributed by atoms with Crippen molar-refractivity contribution in [3.05, 3.63) is 89.5 Å². The quantitative estimate of drug-likeness (QED) is 0.557. The minimum absolute atomic E-state index is 0.321. The van der Waals surface area contributed by atoms with E-state index in [0.29, 0.717) is 12.1 Å². The number of Topliss-reactive ketones (excluding diaryl/α,β-unsaturated/α-hetero) is 1. The molecule has 1 amide bonds. The van der Waals surface area contributed by atoms with Gasteiger partial charge in [0.05, 0.1) is 6.33 Å². The van der Waals surface area contributed by atoms with Gasteiger partial charge in [-0.25, -0.2) is 4.98 Å². The first-order valence-corrected chi connectivity index (χ1v) is 8.04. The van der Waals surface area contributed by atoms with Crippen molar-refractivity contribution in [2.45, 2.75) is 20.0 Å². The average molecular weight is 333 g/mol. The van der Waals surface area contributed by atoms with Gasteiger partial charge in [0.15, 0.2) is 0 Å². The number of aryl methyl sites for hydroxylation is 1. The third kappa shape index (κ3) is 4.41. The van der Waals surface area contributed by atoms with Crippen LogP contribution < -0.4 is 5.32 Å². The van der Waals surface area contributed by atoms with Gasteiger partial charge >= 0.3 is 0 Å². The van der Waals surface area contributed by atoms with E-state index in [4.69, 9.17) is 0 Å². The van der Waals surface area contributed by atoms with Crippen molar-refractivity contribution >= 4 is 11.7 Å². The van der Waals surface area contributed by atoms with Gasteiger partial charge in [-0.05, 0) is 18.1 Å². The zero-order valence-electron chi connectivity index (χ0n) is 14.0. The fourth-order valence-electron chi connectivity index (χ4n) is 2.45. The van der Waals surface area contributed by atoms with Crippen LogP contribution in [0.15, 0.2) is 67.3 Å². The minimum Gasteiger partial charge on any atom is -0.345 e. The Labute approximate surface area is 146 Å². The molecule has 0 unspecified atom stereocenters. The molecule has 0 saturated carbocycles. The lowest BCUT2D eigenvalue weighted by atomic mass is 10.1. The number of nitrogens with one attached hydrogen (secondary N) is 1. The molecule has 126 valence electrons. The molecule has 2 aromatic carbocycles. The van der Waals surface area contributed by atoms with Gasteiger partial charge in [-0.15, -0.1) is 0 Å². The number of hydrogen-bond donors (Lipinski definition) is 1. The molecule has 1 aromatic heterocycles. The van der Waals surface area contributed by atoms with Crippen LogP contribution in [0.5, 0.6) is 0 Å². The summed E-state index contributed by atoms with van der Waals surface area (Å²) in [6.45, 7) is 3.01. The molecule has 0 aliphatic rings. The topological polar surface area (TPSA) is 64.0 Å². The Bertz CT molecular complexity index is 851. The van der Waals surface area contributed by atoms with Gasteiger partial charge in [-0.2, -0.15) is 0 Å². The highest BCUT2D eigenvalue weighted by Gasteiger charge is 2.15. The van der Waals surface area contributed by atoms with Crippen molar-refractivity contribution < 1.29 is 9.59 Å². The van der Waals surface area contributed by atoms with Gasteiger partial charge in [-0.1, -0.05) is 54.1 Å². The summed E-state index contributed by atoms with van der Waals surface area (Å²) >= 11 is 0. The van der Waals surface area contributed by atoms with E-state index < -0.39 is 11.7 Å². The standard InChI is InChI=1S/C20H19N3O2/c1-15-2-8-18(9-3-15)19(24)20(25)22-12-16-4-6-17(7-5-16)13-23-11-10-21-14-23/h2-11,14H,12-13H2,1H3,(H,22,25). The minimum atomic E-state index is -0.591. The molecule has 5 heteroatoms. The van der Waals surface area contributed by atoms with Gasteiger partial charge in [0.25, 0.3) is 5.91 Å². The third-order valence-electron chi connectivity index (χ3n) is 3.92. The molecule has 5 nitrogen and oxygen atoms in total. The molecule has 3 aromatic rings. The highest BCUT2D eigenvalue weighted by Crippen LogP contribution is 2.07. The van der Waals surface area contributed by atoms with E-state index in [1.165, 1.54) is 0 Å². The van der Waals surface area contributed by atoms with E-state index in [1.54, 1.807) is 24.7 Å². The first-order chi connectivity index (χ1) is 12.1. The summed E-state index contributed by atoms with van der Waals surface area (Å²) in [5, 5.41) is 2.67. The summed E-state index contributed by atoms with van der Waals surface area (Å²) in [7, 11) is 0. The van der Waals surface area contributed by atoms with Crippen molar-refractivity contribution in [2.24, 2.45) is 0 Å². The van der Waals surface area contributed by atoms with E-state index in [-0.39, 0.29) is 0 Å². The number of carbonyl (C=O) groups excluding carboxylic acids is 2. The molecule has 1 N–H and O–H groups in total. The van der Waals surface area contributed by atoms with Gasteiger partial charge in [0, 0.05) is 31.0 Å². The Morgan fingerprint density at radius 2 is 1.68 bits per heavy atom. The zero-order valence-corrected chi connectivity index (χ0v) is 14.0. The third-order valence-corrected chi connectivity index (χ3v) is 3.92. The van der Waals surface area contributed by atoms with Crippen LogP contribution in [0, 0.1) is 6.92 Å². The Kier molecular flexibility index (Phi) is 5.04. The number of ketones is 1. The fourth-order valence-corrected chi connectivity index (χ4v) is 2.45. The van der Waals surface area contributed by atoms with Crippen LogP contribution in [0.3, 0.4) is 0 Å². The molecule has 1 heterocycles. The van der Waals surface area contributed by atoms with E-state index >= 15 is 0 Å². The molecule has 0 aliphatic heterocycles. The second kappa shape index (κ2) is 7.57. The largest absolute Gasteiger partial charge is 0.345 e. The van der Waals surface area contributed by atoms with Gasteiger partial charge in [0.1, 0.15) is 0 Å². The van der Waals surface area contributed by atoms with Crippen LogP contribution in [-0.4, -0.2) is 21.2 Å². The number of imidazole rings is 1. The summed E-state index contributed by atoms with van der Waals surface area (Å²) in [6, 6.07) is 14.9. The molecule has 0 radical (unpaired) electrons. The lowest BCUT2D eigenvalue weighted by Crippen LogP contribution is -2.30. The van der Waals surface area contributed by atoms with Crippen molar-refractivity contribution in [3.63, 3.8) is 0 Å². The van der Waals surface area contributed by atoms with Crippen molar-refractivity contribution in [2.75, 3.05) is 0 Å². The van der Waals surface area contributed by atoms with Gasteiger partial charge in [-0.3, -0.25) is 9.59 Å². The molecule has 0 aliphatic carbocycles. The van der Waals surface area contributed by atoms with E-state index in [9.17, 15) is 9.59 Å². The summed E-state index contributed by atoms with van der Waals surface area (Å²) in [5.74, 6) is -1.11. The molecule has 0 bridgehead atoms. The highest BCUT2D eigenvalue weighted by molar-refractivity contribution is 6.42. The Balaban J connectivity index is 1.54. The maximum atomic E-state index is 12.1. The van der Waals surface area contributed by atoms with E-state index in [0.717, 1.165) is 23.2 Å². The van der Waals surface area contributed by atoms with Gasteiger partial charge < -0.3 is 9.88 Å². The monoisotopic (exact) mass is 333 g/mol. The predicted molar refractivity (Wildman–Crippen MR) is 95.1 cm³/mol. The molecule has 0 fully saturated rings. The second-order valence-corrected chi connectivity index (χ2v) is 5.93. The molecular formula is C20H19N3O2. The molecular weight excluding hydrogens is 314 g/mol. The summed E-state index contributed by atoms with van der Waals surface area (Å²) in [6.07, 6.45) is 5.42. The number of rotatable bonds is 6. The number of nitrogens with zero attached hydrogens (tertiary/aromatic N) is 2. The number of aromatic nitrogens is 2. The lowest BCUT2D eigenvalue weighted by molar-refractivity contribution is -0.117. The van der Waals surface area contributed by atoms with Gasteiger partial charge in [0.2, 0.25) is 5.78 Å². The molecule has 25 heavy (non-hydrogen) atoms. The predicted octanol–water partition coefficient (Wildman–Crippen LogP) is 2.74. The van der Waals surface area contributed by atoms with E-state index in [2.05, 4.69) is 10.3 Å². The van der Waals surface area contributed by atoms with Crippen LogP contribution in [0.25, 0.3) is 0 Å². The first kappa shape index (κ1) is 16.6. The number of amides is 1. The molecule has 0 atom stereocenters. The molecule has 3 rings (SSSR count). The first-order valence-electron chi connectivity index (χ1n) is 8.04. The number of hydrogen-bond acceptors (Lipinski definition) is 3. The summed E-state index contributed by atoms with van der Waals surface area (Å²) in [5.41, 5.74) is 3.54. The zero-order chi connectivity index (χ0) is 17.6. The lowest BCUT2D eigenvalue weighted by Gasteiger charge is -2.07. The highest BCUT2D eigenvalue weighted by atomic mass is 16.2. The second-order valence-electron chi connectivity index (χ2n) is 5.93. The number of carbonyl (C=O) groups is 2. The summed E-state index contributed by atoms with van der Waals surface area (Å²) < 4.78 is 1.98. The maximum absolute atomic E-state index is 12.1. The summed E-state index contributed by atoms with van der Waals surface area (Å²) in [4.78, 5) is 28.1. The van der Waals surface area contributed by atoms with E-state index in [1.807, 2.05) is 54.1 Å². The Morgan fingerprint density at radius 1 is 1.00 bits per heavy atom. The van der Waals surface area contributed by atoms with Crippen LogP contribution in [-0.2, 0) is 17.9 Å². The Hall–Kier alpha value is -3.21. The number of benzene rings is 2. The van der Waals surface area contributed by atoms with Crippen LogP contribution in [0.2, 0.25) is 0 Å². The van der Waals surface area contributed by atoms with Crippen molar-refractivity contribution in [1.29, 1.82) is 0 Å². The normalized spacial score (nSPS) is 10.4. The smallest absolute Gasteiger partial charge is 0.292 e. The SMILES string of the molecule is Cc1ccc(C(=O)C(=O)NCc2ccc(Cn3ccnc3)cc2)cc1. The van der Waals surface area contributed by atoms with Crippen molar-refractivity contribution in [1.82, 2.24) is 14.9 Å². The maximum Gasteiger partial charge on any atom is 0.292 e. The van der Waals surface area contributed by atoms with Crippen molar-refractivity contribution in [3.8, 4) is 0 Å². The van der Waals surface area contributed by atoms with Crippen LogP contribution in [0.1, 0.15) is 27.0 Å². The molecule has 0 saturated heterocycles. The average Bonchev–Trinajstić information content (AvgIpc) is 3.14. The molecule has 0 spiro atoms.